The van der Waals surface area contributed by atoms with Gasteiger partial charge in [0.2, 0.25) is 0 Å². The molecule has 0 radical (unpaired) electrons. The average molecular weight is 314 g/mol. The minimum atomic E-state index is -0.302. The second kappa shape index (κ2) is 7.09. The molecule has 0 aliphatic carbocycles. The molecule has 0 atom stereocenters. The smallest absolute Gasteiger partial charge is 0.276 e. The number of nitrogens with one attached hydrogen (secondary N) is 2. The summed E-state index contributed by atoms with van der Waals surface area (Å²) >= 11 is 0. The van der Waals surface area contributed by atoms with Crippen LogP contribution < -0.4 is 15.4 Å². The van der Waals surface area contributed by atoms with Gasteiger partial charge in [-0.15, -0.1) is 10.2 Å². The quantitative estimate of drug-likeness (QED) is 0.885. The summed E-state index contributed by atoms with van der Waals surface area (Å²) in [6, 6.07) is 10.6. The van der Waals surface area contributed by atoms with Crippen molar-refractivity contribution >= 4 is 17.4 Å². The van der Waals surface area contributed by atoms with E-state index >= 15 is 0 Å². The number of hydrogen-bond donors (Lipinski definition) is 2. The lowest BCUT2D eigenvalue weighted by atomic mass is 10.1. The Morgan fingerprint density at radius 2 is 1.78 bits per heavy atom. The van der Waals surface area contributed by atoms with Crippen LogP contribution in [0.5, 0.6) is 5.75 Å². The van der Waals surface area contributed by atoms with E-state index in [1.807, 2.05) is 27.7 Å². The minimum absolute atomic E-state index is 0.110. The molecule has 6 nitrogen and oxygen atoms in total. The van der Waals surface area contributed by atoms with Gasteiger partial charge in [-0.1, -0.05) is 0 Å². The first kappa shape index (κ1) is 16.7. The van der Waals surface area contributed by atoms with Crippen molar-refractivity contribution in [3.63, 3.8) is 0 Å². The van der Waals surface area contributed by atoms with E-state index in [9.17, 15) is 4.79 Å². The van der Waals surface area contributed by atoms with E-state index in [1.54, 1.807) is 36.4 Å². The number of rotatable bonds is 5. The number of hydrogen-bond acceptors (Lipinski definition) is 5. The Morgan fingerprint density at radius 3 is 2.30 bits per heavy atom. The normalized spacial score (nSPS) is 11.0. The molecular formula is C17H22N4O2. The molecule has 0 spiro atoms. The maximum absolute atomic E-state index is 12.2. The summed E-state index contributed by atoms with van der Waals surface area (Å²) in [6.45, 7) is 8.62. The topological polar surface area (TPSA) is 76.1 Å². The number of aromatic nitrogens is 2. The fourth-order valence-electron chi connectivity index (χ4n) is 1.90. The van der Waals surface area contributed by atoms with Crippen LogP contribution in [0.2, 0.25) is 0 Å². The van der Waals surface area contributed by atoms with Crippen LogP contribution in [0, 0.1) is 0 Å². The van der Waals surface area contributed by atoms with Crippen LogP contribution >= 0.6 is 0 Å². The minimum Gasteiger partial charge on any atom is -0.494 e. The molecule has 6 heteroatoms. The Kier molecular flexibility index (Phi) is 5.16. The molecule has 2 N–H and O–H groups in total. The molecule has 0 unspecified atom stereocenters. The summed E-state index contributed by atoms with van der Waals surface area (Å²) < 4.78 is 5.36. The third kappa shape index (κ3) is 5.25. The summed E-state index contributed by atoms with van der Waals surface area (Å²) in [5.41, 5.74) is 0.830. The highest BCUT2D eigenvalue weighted by Gasteiger charge is 2.12. The van der Waals surface area contributed by atoms with Crippen molar-refractivity contribution in [1.29, 1.82) is 0 Å². The lowest BCUT2D eigenvalue weighted by Gasteiger charge is -2.20. The van der Waals surface area contributed by atoms with Crippen LogP contribution in [0.4, 0.5) is 11.5 Å². The van der Waals surface area contributed by atoms with Gasteiger partial charge in [-0.25, -0.2) is 0 Å². The summed E-state index contributed by atoms with van der Waals surface area (Å²) in [7, 11) is 0. The second-order valence-electron chi connectivity index (χ2n) is 6.09. The molecule has 1 amide bonds. The van der Waals surface area contributed by atoms with Gasteiger partial charge >= 0.3 is 0 Å². The Morgan fingerprint density at radius 1 is 1.09 bits per heavy atom. The van der Waals surface area contributed by atoms with E-state index in [0.717, 1.165) is 5.75 Å². The van der Waals surface area contributed by atoms with Gasteiger partial charge in [-0.05, 0) is 64.1 Å². The van der Waals surface area contributed by atoms with Gasteiger partial charge in [0.1, 0.15) is 11.6 Å². The highest BCUT2D eigenvalue weighted by atomic mass is 16.5. The molecule has 1 aromatic heterocycles. The highest BCUT2D eigenvalue weighted by Crippen LogP contribution is 2.16. The van der Waals surface area contributed by atoms with Crippen LogP contribution in [0.15, 0.2) is 36.4 Å². The van der Waals surface area contributed by atoms with E-state index < -0.39 is 0 Å². The lowest BCUT2D eigenvalue weighted by Crippen LogP contribution is -2.27. The molecule has 0 bridgehead atoms. The first-order valence-corrected chi connectivity index (χ1v) is 7.53. The van der Waals surface area contributed by atoms with Crippen molar-refractivity contribution in [3.05, 3.63) is 42.1 Å². The Bertz CT molecular complexity index is 646. The highest BCUT2D eigenvalue weighted by molar-refractivity contribution is 6.02. The zero-order valence-corrected chi connectivity index (χ0v) is 13.9. The average Bonchev–Trinajstić information content (AvgIpc) is 2.48. The van der Waals surface area contributed by atoms with Crippen molar-refractivity contribution in [3.8, 4) is 5.75 Å². The Labute approximate surface area is 136 Å². The van der Waals surface area contributed by atoms with Gasteiger partial charge in [-0.2, -0.15) is 0 Å². The van der Waals surface area contributed by atoms with Gasteiger partial charge in [0.05, 0.1) is 6.61 Å². The summed E-state index contributed by atoms with van der Waals surface area (Å²) in [4.78, 5) is 12.2. The molecule has 0 fully saturated rings. The van der Waals surface area contributed by atoms with E-state index in [1.165, 1.54) is 0 Å². The maximum atomic E-state index is 12.2. The van der Waals surface area contributed by atoms with E-state index in [-0.39, 0.29) is 17.1 Å². The molecule has 0 saturated carbocycles. The number of carbonyl (C=O) groups excluding carboxylic acids is 1. The van der Waals surface area contributed by atoms with Crippen LogP contribution in [0.25, 0.3) is 0 Å². The molecule has 2 aromatic rings. The number of ether oxygens (including phenoxy) is 1. The monoisotopic (exact) mass is 314 g/mol. The third-order valence-corrected chi connectivity index (χ3v) is 2.82. The molecule has 23 heavy (non-hydrogen) atoms. The zero-order valence-electron chi connectivity index (χ0n) is 13.9. The fraction of sp³-hybridized carbons (Fsp3) is 0.353. The second-order valence-corrected chi connectivity index (χ2v) is 6.09. The number of benzene rings is 1. The molecule has 0 saturated heterocycles. The van der Waals surface area contributed by atoms with Gasteiger partial charge in [0, 0.05) is 11.2 Å². The zero-order chi connectivity index (χ0) is 16.9. The number of nitrogens with zero attached hydrogens (tertiary/aromatic N) is 2. The molecule has 122 valence electrons. The molecule has 1 heterocycles. The molecule has 2 rings (SSSR count). The van der Waals surface area contributed by atoms with Crippen LogP contribution in [0.3, 0.4) is 0 Å². The van der Waals surface area contributed by atoms with Crippen molar-refractivity contribution in [2.24, 2.45) is 0 Å². The molecular weight excluding hydrogens is 292 g/mol. The fourth-order valence-corrected chi connectivity index (χ4v) is 1.90. The van der Waals surface area contributed by atoms with Gasteiger partial charge in [0.25, 0.3) is 5.91 Å². The summed E-state index contributed by atoms with van der Waals surface area (Å²) in [5, 5.41) is 14.0. The van der Waals surface area contributed by atoms with Crippen LogP contribution in [-0.2, 0) is 0 Å². The first-order chi connectivity index (χ1) is 10.9. The first-order valence-electron chi connectivity index (χ1n) is 7.53. The molecule has 1 aromatic carbocycles. The molecule has 0 aliphatic heterocycles. The summed E-state index contributed by atoms with van der Waals surface area (Å²) in [5.74, 6) is 1.10. The number of anilines is 2. The predicted octanol–water partition coefficient (Wildman–Crippen LogP) is 3.34. The van der Waals surface area contributed by atoms with Gasteiger partial charge in [-0.3, -0.25) is 4.79 Å². The van der Waals surface area contributed by atoms with E-state index in [4.69, 9.17) is 4.74 Å². The van der Waals surface area contributed by atoms with Gasteiger partial charge in [0.15, 0.2) is 5.69 Å². The van der Waals surface area contributed by atoms with Crippen molar-refractivity contribution in [1.82, 2.24) is 10.2 Å². The largest absolute Gasteiger partial charge is 0.494 e. The Hall–Kier alpha value is -2.63. The van der Waals surface area contributed by atoms with Crippen molar-refractivity contribution in [2.75, 3.05) is 17.2 Å². The standard InChI is InChI=1S/C17H22N4O2/c1-5-23-13-8-6-12(7-9-13)18-16(22)14-10-11-15(21-20-14)19-17(2,3)4/h6-11H,5H2,1-4H3,(H,18,22)(H,19,21). The summed E-state index contributed by atoms with van der Waals surface area (Å²) in [6.07, 6.45) is 0. The van der Waals surface area contributed by atoms with E-state index in [0.29, 0.717) is 18.1 Å². The van der Waals surface area contributed by atoms with Crippen molar-refractivity contribution < 1.29 is 9.53 Å². The predicted molar refractivity (Wildman–Crippen MR) is 91.0 cm³/mol. The maximum Gasteiger partial charge on any atom is 0.276 e. The molecule has 0 aliphatic rings. The van der Waals surface area contributed by atoms with Crippen LogP contribution in [-0.4, -0.2) is 28.3 Å². The van der Waals surface area contributed by atoms with E-state index in [2.05, 4.69) is 20.8 Å². The SMILES string of the molecule is CCOc1ccc(NC(=O)c2ccc(NC(C)(C)C)nn2)cc1. The van der Waals surface area contributed by atoms with Gasteiger partial charge < -0.3 is 15.4 Å². The Balaban J connectivity index is 2.00. The number of amides is 1. The lowest BCUT2D eigenvalue weighted by molar-refractivity contribution is 0.102. The third-order valence-electron chi connectivity index (χ3n) is 2.82. The van der Waals surface area contributed by atoms with Crippen LogP contribution in [0.1, 0.15) is 38.2 Å². The number of carbonyl (C=O) groups is 1. The van der Waals surface area contributed by atoms with Crippen molar-refractivity contribution in [2.45, 2.75) is 33.2 Å².